The van der Waals surface area contributed by atoms with E-state index in [0.29, 0.717) is 50.4 Å². The number of benzene rings is 6. The van der Waals surface area contributed by atoms with E-state index in [0.717, 1.165) is 59.1 Å². The molecular weight excluding hydrogens is 875 g/mol. The molecular formula is C68H81N3O. The van der Waals surface area contributed by atoms with E-state index in [2.05, 4.69) is 85.5 Å². The van der Waals surface area contributed by atoms with Crippen LogP contribution in [0.15, 0.2) is 127 Å². The van der Waals surface area contributed by atoms with Gasteiger partial charge < -0.3 is 5.11 Å². The zero-order valence-corrected chi connectivity index (χ0v) is 45.2. The first-order valence-corrected chi connectivity index (χ1v) is 25.6. The topological polar surface area (TPSA) is 50.9 Å². The van der Waals surface area contributed by atoms with Gasteiger partial charge in [0.1, 0.15) is 11.6 Å². The van der Waals surface area contributed by atoms with Crippen LogP contribution in [0.1, 0.15) is 186 Å². The summed E-state index contributed by atoms with van der Waals surface area (Å²) >= 11 is 0. The molecule has 6 aromatic carbocycles. The molecule has 4 heteroatoms. The largest absolute Gasteiger partial charge is 0.507 e. The van der Waals surface area contributed by atoms with Gasteiger partial charge in [-0.1, -0.05) is 182 Å². The monoisotopic (exact) mass is 969 g/mol. The average molecular weight is 969 g/mol. The minimum Gasteiger partial charge on any atom is -0.507 e. The summed E-state index contributed by atoms with van der Waals surface area (Å²) in [6.07, 6.45) is 2.87. The molecule has 0 amide bonds. The number of fused-ring (bicyclic) bond motifs is 1. The van der Waals surface area contributed by atoms with E-state index in [4.69, 9.17) is 17.3 Å². The van der Waals surface area contributed by atoms with Gasteiger partial charge in [-0.15, -0.1) is 0 Å². The van der Waals surface area contributed by atoms with Crippen molar-refractivity contribution < 1.29 is 22.9 Å². The molecule has 8 aromatic rings. The average Bonchev–Trinajstić information content (AvgIpc) is 1.81. The van der Waals surface area contributed by atoms with Crippen molar-refractivity contribution in [3.63, 3.8) is 0 Å². The van der Waals surface area contributed by atoms with Gasteiger partial charge in [-0.05, 0) is 171 Å². The van der Waals surface area contributed by atoms with Gasteiger partial charge in [-0.2, -0.15) is 0 Å². The van der Waals surface area contributed by atoms with Gasteiger partial charge in [0.25, 0.3) is 0 Å². The van der Waals surface area contributed by atoms with Crippen molar-refractivity contribution >= 4 is 11.0 Å². The Balaban J connectivity index is 1.51. The van der Waals surface area contributed by atoms with Crippen LogP contribution >= 0.6 is 0 Å². The number of hydrogen-bond acceptors (Lipinski definition) is 3. The minimum absolute atomic E-state index is 0.00164. The number of aryl methyl sites for hydroxylation is 1. The standard InChI is InChI=1S/C68H81N3O/c1-18-67(16,19-2)54-25-23-26-55(68(17,20-3)21-4)60(54)47-32-33-58(44(6)36-47)71-59-27-22-24-52(61(59)70-63(71)53-41-51(65(10,11)12)42-56(62(53)72)66(13,14)15)48-37-49(39-50(38-48)64(7,8)9)57-40-46(34-35-69-57)45-30-28-43(5)29-31-45/h22-42,72H,18-21H2,1-17H3/i5D3,6D3,28D,29D,30D,31D,34D,35D,40D. The lowest BCUT2D eigenvalue weighted by Crippen LogP contribution is -2.25. The molecule has 2 aromatic heterocycles. The quantitative estimate of drug-likeness (QED) is 0.133. The Hall–Kier alpha value is -6.26. The number of aromatic hydroxyl groups is 1. The number of hydrogen-bond donors (Lipinski definition) is 1. The highest BCUT2D eigenvalue weighted by atomic mass is 16.3. The summed E-state index contributed by atoms with van der Waals surface area (Å²) in [7, 11) is 0. The van der Waals surface area contributed by atoms with E-state index in [1.165, 1.54) is 0 Å². The van der Waals surface area contributed by atoms with Crippen LogP contribution in [0.5, 0.6) is 5.75 Å². The van der Waals surface area contributed by atoms with E-state index in [1.54, 1.807) is 6.07 Å². The van der Waals surface area contributed by atoms with Crippen LogP contribution < -0.4 is 0 Å². The fourth-order valence-corrected chi connectivity index (χ4v) is 9.95. The second-order valence-corrected chi connectivity index (χ2v) is 23.4. The van der Waals surface area contributed by atoms with Crippen molar-refractivity contribution in [1.29, 1.82) is 0 Å². The predicted octanol–water partition coefficient (Wildman–Crippen LogP) is 19.1. The number of rotatable bonds is 12. The van der Waals surface area contributed by atoms with Crippen LogP contribution in [0.4, 0.5) is 0 Å². The van der Waals surface area contributed by atoms with Crippen molar-refractivity contribution in [2.45, 2.75) is 170 Å². The molecule has 0 aliphatic rings. The summed E-state index contributed by atoms with van der Waals surface area (Å²) in [4.78, 5) is 10.0. The molecule has 0 atom stereocenters. The van der Waals surface area contributed by atoms with Crippen LogP contribution in [0, 0.1) is 13.7 Å². The highest BCUT2D eigenvalue weighted by Gasteiger charge is 2.34. The molecule has 0 saturated heterocycles. The van der Waals surface area contributed by atoms with Crippen molar-refractivity contribution in [3.05, 3.63) is 166 Å². The van der Waals surface area contributed by atoms with Crippen LogP contribution in [-0.2, 0) is 27.1 Å². The molecule has 0 aliphatic carbocycles. The molecule has 0 fully saturated rings. The second kappa shape index (κ2) is 19.3. The maximum atomic E-state index is 12.8. The third-order valence-corrected chi connectivity index (χ3v) is 15.6. The van der Waals surface area contributed by atoms with Crippen LogP contribution in [-0.4, -0.2) is 19.6 Å². The lowest BCUT2D eigenvalue weighted by molar-refractivity contribution is 0.426. The molecule has 0 spiro atoms. The third kappa shape index (κ3) is 9.71. The fourth-order valence-electron chi connectivity index (χ4n) is 9.95. The van der Waals surface area contributed by atoms with Crippen molar-refractivity contribution in [3.8, 4) is 67.5 Å². The van der Waals surface area contributed by atoms with Gasteiger partial charge >= 0.3 is 0 Å². The number of nitrogens with zero attached hydrogens (tertiary/aromatic N) is 3. The smallest absolute Gasteiger partial charge is 0.149 e. The van der Waals surface area contributed by atoms with Crippen LogP contribution in [0.25, 0.3) is 72.7 Å². The number of aromatic nitrogens is 3. The summed E-state index contributed by atoms with van der Waals surface area (Å²) in [5, 5.41) is 12.8. The molecule has 4 nitrogen and oxygen atoms in total. The Bertz CT molecular complexity index is 3870. The van der Waals surface area contributed by atoms with Gasteiger partial charge in [0.05, 0.1) is 37.6 Å². The summed E-state index contributed by atoms with van der Waals surface area (Å²) in [6.45, 7) is 26.2. The molecule has 2 heterocycles. The summed E-state index contributed by atoms with van der Waals surface area (Å²) in [5.41, 5.74) is 6.10. The SMILES string of the molecule is [2H]c1nc(-c2cc(-c3cccc4c3nc(-c3cc(C(C)(C)C)cc(C(C)(C)C)c3O)n4-c3ccc(-c4c(C(C)(CC)CC)cccc4C(C)(CC)CC)cc3C([2H])([2H])[2H])cc(C(C)(C)C)c2)c([2H])c(-c2c([2H])c([2H])c(C([2H])([2H])[2H])c([2H])c2[2H])c1[2H]. The van der Waals surface area contributed by atoms with Gasteiger partial charge in [-0.3, -0.25) is 9.55 Å². The van der Waals surface area contributed by atoms with Crippen molar-refractivity contribution in [2.24, 2.45) is 0 Å². The first-order valence-electron chi connectivity index (χ1n) is 32.1. The van der Waals surface area contributed by atoms with Crippen LogP contribution in [0.3, 0.4) is 0 Å². The predicted molar refractivity (Wildman–Crippen MR) is 309 cm³/mol. The van der Waals surface area contributed by atoms with Crippen molar-refractivity contribution in [1.82, 2.24) is 14.5 Å². The summed E-state index contributed by atoms with van der Waals surface area (Å²) < 4.78 is 117. The zero-order chi connectivity index (χ0) is 63.4. The van der Waals surface area contributed by atoms with Gasteiger partial charge in [0.15, 0.2) is 0 Å². The molecule has 0 aliphatic heterocycles. The number of imidazole rings is 1. The van der Waals surface area contributed by atoms with E-state index < -0.39 is 89.1 Å². The van der Waals surface area contributed by atoms with Gasteiger partial charge in [-0.25, -0.2) is 4.98 Å². The number of para-hydroxylation sites is 1. The second-order valence-electron chi connectivity index (χ2n) is 23.4. The molecule has 374 valence electrons. The Kier molecular flexibility index (Phi) is 10.0. The van der Waals surface area contributed by atoms with Crippen LogP contribution in [0.2, 0.25) is 0 Å². The maximum absolute atomic E-state index is 12.8. The molecule has 1 N–H and O–H groups in total. The summed E-state index contributed by atoms with van der Waals surface area (Å²) in [5.74, 6) is 0.299. The highest BCUT2D eigenvalue weighted by Crippen LogP contribution is 2.48. The van der Waals surface area contributed by atoms with Gasteiger partial charge in [0.2, 0.25) is 0 Å². The zero-order valence-electron chi connectivity index (χ0n) is 58.2. The Morgan fingerprint density at radius 2 is 1.17 bits per heavy atom. The molecule has 0 saturated carbocycles. The summed E-state index contributed by atoms with van der Waals surface area (Å²) in [6, 6.07) is 23.2. The lowest BCUT2D eigenvalue weighted by atomic mass is 9.68. The Morgan fingerprint density at radius 1 is 0.556 bits per heavy atom. The molecule has 0 radical (unpaired) electrons. The normalized spacial score (nSPS) is 15.7. The number of phenolic OH excluding ortho intramolecular Hbond substituents is 1. The van der Waals surface area contributed by atoms with Gasteiger partial charge in [0, 0.05) is 31.1 Å². The number of pyridine rings is 1. The maximum Gasteiger partial charge on any atom is 0.149 e. The fraction of sp³-hybridized carbons (Fsp3) is 0.382. The Morgan fingerprint density at radius 3 is 1.75 bits per heavy atom. The van der Waals surface area contributed by atoms with E-state index in [1.807, 2.05) is 107 Å². The highest BCUT2D eigenvalue weighted by molar-refractivity contribution is 5.97. The molecule has 72 heavy (non-hydrogen) atoms. The lowest BCUT2D eigenvalue weighted by Gasteiger charge is -2.36. The minimum atomic E-state index is -3.00. The molecule has 0 unspecified atom stereocenters. The van der Waals surface area contributed by atoms with E-state index in [-0.39, 0.29) is 27.8 Å². The third-order valence-electron chi connectivity index (χ3n) is 15.6. The molecule has 8 rings (SSSR count). The number of phenols is 1. The Labute approximate surface area is 451 Å². The molecule has 0 bridgehead atoms. The van der Waals surface area contributed by atoms with Crippen molar-refractivity contribution in [2.75, 3.05) is 0 Å². The van der Waals surface area contributed by atoms with E-state index in [9.17, 15) is 10.6 Å². The first-order chi connectivity index (χ1) is 39.2. The van der Waals surface area contributed by atoms with E-state index >= 15 is 0 Å². The first kappa shape index (κ1) is 37.5.